The molecule has 0 nitrogen and oxygen atoms in total. The van der Waals surface area contributed by atoms with E-state index in [0.717, 1.165) is 11.4 Å². The molecule has 0 N–H and O–H groups in total. The number of halogens is 1. The molecule has 0 atom stereocenters. The highest BCUT2D eigenvalue weighted by atomic mass is 35.5. The Morgan fingerprint density at radius 3 is 3.10 bits per heavy atom. The van der Waals surface area contributed by atoms with Gasteiger partial charge in [-0.1, -0.05) is 29.8 Å². The second-order valence-electron chi connectivity index (χ2n) is 2.45. The van der Waals surface area contributed by atoms with Crippen molar-refractivity contribution in [2.45, 2.75) is 6.42 Å². The summed E-state index contributed by atoms with van der Waals surface area (Å²) in [4.78, 5) is 0. The molecule has 0 radical (unpaired) electrons. The maximum atomic E-state index is 5.79. The first-order valence-corrected chi connectivity index (χ1v) is 3.69. The van der Waals surface area contributed by atoms with Crippen LogP contribution in [0.2, 0.25) is 5.02 Å². The zero-order valence-corrected chi connectivity index (χ0v) is 6.23. The molecule has 0 bridgehead atoms. The predicted molar refractivity (Wildman–Crippen MR) is 44.2 cm³/mol. The highest BCUT2D eigenvalue weighted by Gasteiger charge is 2.03. The van der Waals surface area contributed by atoms with E-state index in [-0.39, 0.29) is 0 Å². The molecule has 1 heteroatoms. The van der Waals surface area contributed by atoms with Crippen LogP contribution in [-0.2, 0) is 6.42 Å². The quantitative estimate of drug-likeness (QED) is 0.534. The monoisotopic (exact) mass is 150 g/mol. The largest absolute Gasteiger partial charge is 0.0843 e. The topological polar surface area (TPSA) is 0 Å². The number of allylic oxidation sites excluding steroid dienone is 1. The summed E-state index contributed by atoms with van der Waals surface area (Å²) in [5, 5.41) is 0.824. The summed E-state index contributed by atoms with van der Waals surface area (Å²) in [7, 11) is 0. The lowest BCUT2D eigenvalue weighted by atomic mass is 10.1. The molecule has 2 rings (SSSR count). The molecule has 0 amide bonds. The highest BCUT2D eigenvalue weighted by Crippen LogP contribution is 2.22. The number of hydrogen-bond acceptors (Lipinski definition) is 0. The number of benzene rings is 1. The SMILES string of the molecule is Clc1ccc2c(c1)C=CC2. The molecule has 0 spiro atoms. The lowest BCUT2D eigenvalue weighted by Gasteiger charge is -1.96. The van der Waals surface area contributed by atoms with E-state index in [1.807, 2.05) is 12.1 Å². The van der Waals surface area contributed by atoms with Crippen molar-refractivity contribution in [1.29, 1.82) is 0 Å². The van der Waals surface area contributed by atoms with Crippen molar-refractivity contribution in [2.24, 2.45) is 0 Å². The van der Waals surface area contributed by atoms with Crippen molar-refractivity contribution in [2.75, 3.05) is 0 Å². The van der Waals surface area contributed by atoms with Gasteiger partial charge in [-0.2, -0.15) is 0 Å². The van der Waals surface area contributed by atoms with Gasteiger partial charge in [0.05, 0.1) is 0 Å². The third kappa shape index (κ3) is 0.850. The first kappa shape index (κ1) is 5.99. The second-order valence-corrected chi connectivity index (χ2v) is 2.89. The Bertz CT molecular complexity index is 287. The lowest BCUT2D eigenvalue weighted by Crippen LogP contribution is -1.78. The number of fused-ring (bicyclic) bond motifs is 1. The Kier molecular flexibility index (Phi) is 1.28. The van der Waals surface area contributed by atoms with Crippen LogP contribution in [0.5, 0.6) is 0 Å². The first-order chi connectivity index (χ1) is 4.86. The molecule has 0 fully saturated rings. The van der Waals surface area contributed by atoms with Crippen molar-refractivity contribution in [1.82, 2.24) is 0 Å². The summed E-state index contributed by atoms with van der Waals surface area (Å²) in [6, 6.07) is 6.02. The molecular formula is C9H7Cl. The first-order valence-electron chi connectivity index (χ1n) is 3.31. The van der Waals surface area contributed by atoms with Gasteiger partial charge in [-0.05, 0) is 29.7 Å². The molecule has 1 aliphatic carbocycles. The van der Waals surface area contributed by atoms with Crippen molar-refractivity contribution < 1.29 is 0 Å². The van der Waals surface area contributed by atoms with E-state index in [1.54, 1.807) is 0 Å². The minimum Gasteiger partial charge on any atom is -0.0843 e. The minimum absolute atomic E-state index is 0.824. The zero-order valence-electron chi connectivity index (χ0n) is 5.47. The van der Waals surface area contributed by atoms with Crippen molar-refractivity contribution in [3.8, 4) is 0 Å². The van der Waals surface area contributed by atoms with Crippen LogP contribution in [0.4, 0.5) is 0 Å². The number of rotatable bonds is 0. The van der Waals surface area contributed by atoms with E-state index in [0.29, 0.717) is 0 Å². The average Bonchev–Trinajstić information content (AvgIpc) is 2.33. The fourth-order valence-electron chi connectivity index (χ4n) is 1.22. The second kappa shape index (κ2) is 2.14. The van der Waals surface area contributed by atoms with E-state index in [1.165, 1.54) is 11.1 Å². The molecule has 0 saturated heterocycles. The van der Waals surface area contributed by atoms with Crippen LogP contribution in [-0.4, -0.2) is 0 Å². The Labute approximate surface area is 65.1 Å². The average molecular weight is 151 g/mol. The van der Waals surface area contributed by atoms with Crippen LogP contribution in [0, 0.1) is 0 Å². The van der Waals surface area contributed by atoms with Gasteiger partial charge in [-0.15, -0.1) is 0 Å². The van der Waals surface area contributed by atoms with Gasteiger partial charge in [-0.3, -0.25) is 0 Å². The molecular weight excluding hydrogens is 144 g/mol. The standard InChI is InChI=1S/C9H7Cl/c10-9-5-4-7-2-1-3-8(7)6-9/h1,3-6H,2H2. The Morgan fingerprint density at radius 2 is 2.20 bits per heavy atom. The van der Waals surface area contributed by atoms with Crippen LogP contribution < -0.4 is 0 Å². The molecule has 0 aliphatic heterocycles. The van der Waals surface area contributed by atoms with Gasteiger partial charge >= 0.3 is 0 Å². The summed E-state index contributed by atoms with van der Waals surface area (Å²) >= 11 is 5.79. The van der Waals surface area contributed by atoms with Gasteiger partial charge < -0.3 is 0 Å². The Hall–Kier alpha value is -0.750. The fraction of sp³-hybridized carbons (Fsp3) is 0.111. The van der Waals surface area contributed by atoms with E-state index >= 15 is 0 Å². The van der Waals surface area contributed by atoms with Crippen molar-refractivity contribution in [3.05, 3.63) is 40.4 Å². The van der Waals surface area contributed by atoms with Crippen molar-refractivity contribution >= 4 is 17.7 Å². The van der Waals surface area contributed by atoms with Gasteiger partial charge in [-0.25, -0.2) is 0 Å². The smallest absolute Gasteiger partial charge is 0.0412 e. The molecule has 0 aromatic heterocycles. The van der Waals surface area contributed by atoms with Gasteiger partial charge in [0.15, 0.2) is 0 Å². The predicted octanol–water partition coefficient (Wildman–Crippen LogP) is 2.91. The molecule has 0 unspecified atom stereocenters. The van der Waals surface area contributed by atoms with Crippen LogP contribution in [0.15, 0.2) is 24.3 Å². The molecule has 1 aliphatic rings. The molecule has 1 aromatic carbocycles. The molecule has 0 saturated carbocycles. The Balaban J connectivity index is 2.60. The maximum absolute atomic E-state index is 5.79. The summed E-state index contributed by atoms with van der Waals surface area (Å²) in [5.41, 5.74) is 2.65. The normalized spacial score (nSPS) is 13.7. The molecule has 50 valence electrons. The maximum Gasteiger partial charge on any atom is 0.0412 e. The van der Waals surface area contributed by atoms with Crippen LogP contribution in [0.1, 0.15) is 11.1 Å². The van der Waals surface area contributed by atoms with Gasteiger partial charge in [0.25, 0.3) is 0 Å². The zero-order chi connectivity index (χ0) is 6.97. The molecule has 1 aromatic rings. The third-order valence-corrected chi connectivity index (χ3v) is 1.98. The van der Waals surface area contributed by atoms with E-state index in [2.05, 4.69) is 18.2 Å². The number of hydrogen-bond donors (Lipinski definition) is 0. The summed E-state index contributed by atoms with van der Waals surface area (Å²) in [6.45, 7) is 0. The lowest BCUT2D eigenvalue weighted by molar-refractivity contribution is 1.31. The van der Waals surface area contributed by atoms with Crippen molar-refractivity contribution in [3.63, 3.8) is 0 Å². The van der Waals surface area contributed by atoms with Gasteiger partial charge in [0.2, 0.25) is 0 Å². The van der Waals surface area contributed by atoms with E-state index in [4.69, 9.17) is 11.6 Å². The van der Waals surface area contributed by atoms with E-state index < -0.39 is 0 Å². The summed E-state index contributed by atoms with van der Waals surface area (Å²) in [6.07, 6.45) is 5.33. The van der Waals surface area contributed by atoms with Crippen LogP contribution in [0.25, 0.3) is 6.08 Å². The Morgan fingerprint density at radius 1 is 1.30 bits per heavy atom. The highest BCUT2D eigenvalue weighted by molar-refractivity contribution is 6.30. The fourth-order valence-corrected chi connectivity index (χ4v) is 1.40. The van der Waals surface area contributed by atoms with E-state index in [9.17, 15) is 0 Å². The summed E-state index contributed by atoms with van der Waals surface area (Å²) < 4.78 is 0. The molecule has 10 heavy (non-hydrogen) atoms. The summed E-state index contributed by atoms with van der Waals surface area (Å²) in [5.74, 6) is 0. The van der Waals surface area contributed by atoms with Gasteiger partial charge in [0.1, 0.15) is 0 Å². The van der Waals surface area contributed by atoms with Crippen LogP contribution in [0.3, 0.4) is 0 Å². The minimum atomic E-state index is 0.824. The third-order valence-electron chi connectivity index (χ3n) is 1.74. The van der Waals surface area contributed by atoms with Gasteiger partial charge in [0, 0.05) is 5.02 Å². The van der Waals surface area contributed by atoms with Crippen LogP contribution >= 0.6 is 11.6 Å². The molecule has 0 heterocycles.